The van der Waals surface area contributed by atoms with Gasteiger partial charge in [-0.05, 0) is 54.7 Å². The minimum atomic E-state index is -0.473. The number of thiocarbonyl (C=S) groups is 1. The lowest BCUT2D eigenvalue weighted by Gasteiger charge is -2.11. The first-order valence-electron chi connectivity index (χ1n) is 5.98. The highest BCUT2D eigenvalue weighted by Gasteiger charge is 2.03. The molecular weight excluding hydrogens is 308 g/mol. The molecule has 0 saturated heterocycles. The molecule has 2 aromatic rings. The number of benzene rings is 2. The van der Waals surface area contributed by atoms with Gasteiger partial charge >= 0.3 is 0 Å². The number of anilines is 3. The van der Waals surface area contributed by atoms with E-state index in [0.29, 0.717) is 21.4 Å². The van der Waals surface area contributed by atoms with E-state index in [1.165, 1.54) is 0 Å². The minimum Gasteiger partial charge on any atom is -0.398 e. The number of primary amides is 1. The van der Waals surface area contributed by atoms with Crippen LogP contribution in [0, 0.1) is 0 Å². The summed E-state index contributed by atoms with van der Waals surface area (Å²) in [6.45, 7) is 0. The molecule has 5 nitrogen and oxygen atoms in total. The van der Waals surface area contributed by atoms with Crippen LogP contribution in [-0.2, 0) is 0 Å². The summed E-state index contributed by atoms with van der Waals surface area (Å²) in [6.07, 6.45) is 0. The molecule has 0 atom stereocenters. The average molecular weight is 321 g/mol. The van der Waals surface area contributed by atoms with Crippen LogP contribution in [0.2, 0.25) is 5.02 Å². The second kappa shape index (κ2) is 6.43. The fraction of sp³-hybridized carbons (Fsp3) is 0. The summed E-state index contributed by atoms with van der Waals surface area (Å²) in [7, 11) is 0. The number of nitrogens with one attached hydrogen (secondary N) is 2. The molecule has 1 amide bonds. The topological polar surface area (TPSA) is 93.2 Å². The van der Waals surface area contributed by atoms with E-state index in [2.05, 4.69) is 10.6 Å². The Labute approximate surface area is 132 Å². The van der Waals surface area contributed by atoms with Crippen LogP contribution >= 0.6 is 23.8 Å². The number of halogens is 1. The molecule has 0 heterocycles. The molecule has 2 aromatic carbocycles. The van der Waals surface area contributed by atoms with E-state index in [4.69, 9.17) is 35.3 Å². The molecule has 0 aromatic heterocycles. The molecule has 0 saturated carbocycles. The molecule has 7 heteroatoms. The van der Waals surface area contributed by atoms with Gasteiger partial charge in [-0.2, -0.15) is 0 Å². The number of hydrogen-bond acceptors (Lipinski definition) is 3. The Bertz CT molecular complexity index is 688. The molecule has 0 spiro atoms. The highest BCUT2D eigenvalue weighted by atomic mass is 35.5. The average Bonchev–Trinajstić information content (AvgIpc) is 2.43. The zero-order valence-corrected chi connectivity index (χ0v) is 12.5. The summed E-state index contributed by atoms with van der Waals surface area (Å²) in [6, 6.07) is 11.8. The zero-order chi connectivity index (χ0) is 15.4. The Morgan fingerprint density at radius 2 is 1.62 bits per heavy atom. The van der Waals surface area contributed by atoms with Gasteiger partial charge in [0.1, 0.15) is 0 Å². The third-order valence-electron chi connectivity index (χ3n) is 2.69. The van der Waals surface area contributed by atoms with Crippen molar-refractivity contribution in [2.45, 2.75) is 0 Å². The second-order valence-corrected chi connectivity index (χ2v) is 5.07. The van der Waals surface area contributed by atoms with E-state index >= 15 is 0 Å². The first kappa shape index (κ1) is 15.1. The molecule has 0 unspecified atom stereocenters. The van der Waals surface area contributed by atoms with Crippen molar-refractivity contribution in [2.24, 2.45) is 5.73 Å². The van der Waals surface area contributed by atoms with Crippen LogP contribution < -0.4 is 22.1 Å². The molecule has 21 heavy (non-hydrogen) atoms. The number of hydrogen-bond donors (Lipinski definition) is 4. The lowest BCUT2D eigenvalue weighted by molar-refractivity contribution is 0.100. The minimum absolute atomic E-state index is 0.391. The predicted molar refractivity (Wildman–Crippen MR) is 90.7 cm³/mol. The number of nitrogen functional groups attached to an aromatic ring is 1. The summed E-state index contributed by atoms with van der Waals surface area (Å²) < 4.78 is 0. The van der Waals surface area contributed by atoms with Crippen LogP contribution in [0.4, 0.5) is 17.1 Å². The van der Waals surface area contributed by atoms with E-state index in [1.807, 2.05) is 0 Å². The number of carbonyl (C=O) groups is 1. The summed E-state index contributed by atoms with van der Waals surface area (Å²) in [4.78, 5) is 11.0. The molecule has 0 fully saturated rings. The van der Waals surface area contributed by atoms with E-state index in [1.54, 1.807) is 42.5 Å². The zero-order valence-electron chi connectivity index (χ0n) is 10.9. The second-order valence-electron chi connectivity index (χ2n) is 4.26. The molecule has 0 radical (unpaired) electrons. The lowest BCUT2D eigenvalue weighted by atomic mass is 10.2. The molecule has 0 bridgehead atoms. The first-order chi connectivity index (χ1) is 9.95. The van der Waals surface area contributed by atoms with E-state index < -0.39 is 5.91 Å². The lowest BCUT2D eigenvalue weighted by Crippen LogP contribution is -2.19. The standard InChI is InChI=1S/C14H13ClN4OS/c15-11-7-10(5-6-12(11)16)19-14(21)18-9-3-1-8(2-4-9)13(17)20/h1-7H,16H2,(H2,17,20)(H2,18,19,21). The highest BCUT2D eigenvalue weighted by molar-refractivity contribution is 7.80. The SMILES string of the molecule is NC(=O)c1ccc(NC(=S)Nc2ccc(N)c(Cl)c2)cc1. The van der Waals surface area contributed by atoms with Gasteiger partial charge in [0.05, 0.1) is 10.7 Å². The van der Waals surface area contributed by atoms with Gasteiger partial charge in [-0.15, -0.1) is 0 Å². The smallest absolute Gasteiger partial charge is 0.248 e. The molecule has 0 aliphatic heterocycles. The van der Waals surface area contributed by atoms with Crippen LogP contribution in [0.15, 0.2) is 42.5 Å². The normalized spacial score (nSPS) is 9.95. The Balaban J connectivity index is 2.01. The van der Waals surface area contributed by atoms with Gasteiger partial charge < -0.3 is 22.1 Å². The third kappa shape index (κ3) is 4.08. The van der Waals surface area contributed by atoms with Crippen molar-refractivity contribution in [3.05, 3.63) is 53.1 Å². The summed E-state index contributed by atoms with van der Waals surface area (Å²) in [5, 5.41) is 6.81. The van der Waals surface area contributed by atoms with Crippen LogP contribution in [-0.4, -0.2) is 11.0 Å². The van der Waals surface area contributed by atoms with Gasteiger partial charge in [-0.25, -0.2) is 0 Å². The van der Waals surface area contributed by atoms with E-state index in [-0.39, 0.29) is 0 Å². The van der Waals surface area contributed by atoms with Gasteiger partial charge in [0.25, 0.3) is 0 Å². The van der Waals surface area contributed by atoms with Crippen molar-refractivity contribution in [1.29, 1.82) is 0 Å². The Hall–Kier alpha value is -2.31. The summed E-state index contributed by atoms with van der Waals surface area (Å²) in [5.41, 5.74) is 13.2. The maximum absolute atomic E-state index is 11.0. The quantitative estimate of drug-likeness (QED) is 0.515. The monoisotopic (exact) mass is 320 g/mol. The van der Waals surface area contributed by atoms with E-state index in [0.717, 1.165) is 11.4 Å². The van der Waals surface area contributed by atoms with Crippen LogP contribution in [0.25, 0.3) is 0 Å². The molecule has 0 aliphatic rings. The van der Waals surface area contributed by atoms with E-state index in [9.17, 15) is 4.79 Å². The Morgan fingerprint density at radius 3 is 2.19 bits per heavy atom. The van der Waals surface area contributed by atoms with Gasteiger partial charge in [-0.3, -0.25) is 4.79 Å². The number of rotatable bonds is 3. The highest BCUT2D eigenvalue weighted by Crippen LogP contribution is 2.22. The van der Waals surface area contributed by atoms with Crippen LogP contribution in [0.3, 0.4) is 0 Å². The fourth-order valence-electron chi connectivity index (χ4n) is 1.62. The maximum atomic E-state index is 11.0. The van der Waals surface area contributed by atoms with Crippen molar-refractivity contribution in [2.75, 3.05) is 16.4 Å². The molecular formula is C14H13ClN4OS. The largest absolute Gasteiger partial charge is 0.398 e. The Morgan fingerprint density at radius 1 is 1.05 bits per heavy atom. The number of carbonyl (C=O) groups excluding carboxylic acids is 1. The molecule has 0 aliphatic carbocycles. The summed E-state index contributed by atoms with van der Waals surface area (Å²) in [5.74, 6) is -0.473. The number of nitrogens with two attached hydrogens (primary N) is 2. The van der Waals surface area contributed by atoms with Crippen molar-refractivity contribution in [1.82, 2.24) is 0 Å². The maximum Gasteiger partial charge on any atom is 0.248 e. The van der Waals surface area contributed by atoms with Gasteiger partial charge in [0, 0.05) is 16.9 Å². The van der Waals surface area contributed by atoms with Crippen molar-refractivity contribution in [3.8, 4) is 0 Å². The third-order valence-corrected chi connectivity index (χ3v) is 3.22. The van der Waals surface area contributed by atoms with Crippen LogP contribution in [0.1, 0.15) is 10.4 Å². The van der Waals surface area contributed by atoms with Crippen molar-refractivity contribution >= 4 is 51.9 Å². The van der Waals surface area contributed by atoms with Crippen molar-refractivity contribution in [3.63, 3.8) is 0 Å². The summed E-state index contributed by atoms with van der Waals surface area (Å²) >= 11 is 11.1. The Kier molecular flexibility index (Phi) is 4.62. The first-order valence-corrected chi connectivity index (χ1v) is 6.77. The van der Waals surface area contributed by atoms with Gasteiger partial charge in [0.2, 0.25) is 5.91 Å². The predicted octanol–water partition coefficient (Wildman–Crippen LogP) is 2.83. The molecule has 6 N–H and O–H groups in total. The van der Waals surface area contributed by atoms with Crippen molar-refractivity contribution < 1.29 is 4.79 Å². The van der Waals surface area contributed by atoms with Gasteiger partial charge in [0.15, 0.2) is 5.11 Å². The number of amides is 1. The fourth-order valence-corrected chi connectivity index (χ4v) is 2.03. The molecule has 2 rings (SSSR count). The van der Waals surface area contributed by atoms with Gasteiger partial charge in [-0.1, -0.05) is 11.6 Å². The van der Waals surface area contributed by atoms with Crippen LogP contribution in [0.5, 0.6) is 0 Å². The molecule has 108 valence electrons.